The Morgan fingerprint density at radius 3 is 2.73 bits per heavy atom. The highest BCUT2D eigenvalue weighted by Gasteiger charge is 2.25. The molecule has 0 saturated carbocycles. The van der Waals surface area contributed by atoms with Crippen LogP contribution in [0.4, 0.5) is 0 Å². The number of hydrogen-bond acceptors (Lipinski definition) is 4. The lowest BCUT2D eigenvalue weighted by molar-refractivity contribution is -0.136. The van der Waals surface area contributed by atoms with Gasteiger partial charge in [-0.05, 0) is 0 Å². The molecule has 0 bridgehead atoms. The van der Waals surface area contributed by atoms with E-state index in [1.165, 1.54) is 0 Å². The molecule has 8 heteroatoms. The smallest absolute Gasteiger partial charge is 0.304 e. The van der Waals surface area contributed by atoms with E-state index in [1.54, 1.807) is 0 Å². The summed E-state index contributed by atoms with van der Waals surface area (Å²) in [6.07, 6.45) is -0.338. The summed E-state index contributed by atoms with van der Waals surface area (Å²) in [6.45, 7) is 0.255. The van der Waals surface area contributed by atoms with E-state index in [-0.39, 0.29) is 18.9 Å². The molecule has 3 N–H and O–H groups in total. The SMILES string of the molecule is O=C(O)CCS(=O)(=O)NC1CNC(=O)C1. The second-order valence-electron chi connectivity index (χ2n) is 3.29. The summed E-state index contributed by atoms with van der Waals surface area (Å²) in [6, 6.07) is -0.462. The minimum atomic E-state index is -3.61. The average molecular weight is 236 g/mol. The van der Waals surface area contributed by atoms with Crippen LogP contribution in [0, 0.1) is 0 Å². The molecule has 0 aliphatic carbocycles. The van der Waals surface area contributed by atoms with Gasteiger partial charge < -0.3 is 10.4 Å². The van der Waals surface area contributed by atoms with Crippen LogP contribution in [0.1, 0.15) is 12.8 Å². The maximum absolute atomic E-state index is 11.3. The molecule has 86 valence electrons. The maximum Gasteiger partial charge on any atom is 0.304 e. The Morgan fingerprint density at radius 1 is 1.60 bits per heavy atom. The average Bonchev–Trinajstić information content (AvgIpc) is 2.47. The molecule has 1 aliphatic rings. The lowest BCUT2D eigenvalue weighted by Crippen LogP contribution is -2.38. The molecule has 0 spiro atoms. The van der Waals surface area contributed by atoms with Crippen LogP contribution in [-0.2, 0) is 19.6 Å². The molecule has 0 aromatic heterocycles. The number of carbonyl (C=O) groups is 2. The monoisotopic (exact) mass is 236 g/mol. The van der Waals surface area contributed by atoms with Gasteiger partial charge in [-0.3, -0.25) is 9.59 Å². The Hall–Kier alpha value is -1.15. The van der Waals surface area contributed by atoms with Crippen molar-refractivity contribution in [1.29, 1.82) is 0 Å². The fourth-order valence-corrected chi connectivity index (χ4v) is 2.46. The Bertz CT molecular complexity index is 364. The van der Waals surface area contributed by atoms with Crippen molar-refractivity contribution < 1.29 is 23.1 Å². The van der Waals surface area contributed by atoms with Gasteiger partial charge in [0.05, 0.1) is 12.2 Å². The van der Waals surface area contributed by atoms with Crippen LogP contribution in [0.15, 0.2) is 0 Å². The molecule has 15 heavy (non-hydrogen) atoms. The maximum atomic E-state index is 11.3. The van der Waals surface area contributed by atoms with Crippen molar-refractivity contribution in [2.75, 3.05) is 12.3 Å². The normalized spacial score (nSPS) is 21.3. The summed E-state index contributed by atoms with van der Waals surface area (Å²) in [5.41, 5.74) is 0. The van der Waals surface area contributed by atoms with Gasteiger partial charge in [-0.25, -0.2) is 13.1 Å². The molecule has 1 aliphatic heterocycles. The number of carbonyl (C=O) groups excluding carboxylic acids is 1. The van der Waals surface area contributed by atoms with E-state index in [0.29, 0.717) is 0 Å². The molecular formula is C7H12N2O5S. The largest absolute Gasteiger partial charge is 0.481 e. The fourth-order valence-electron chi connectivity index (χ4n) is 1.22. The number of aliphatic carboxylic acids is 1. The summed E-state index contributed by atoms with van der Waals surface area (Å²) in [4.78, 5) is 20.9. The van der Waals surface area contributed by atoms with Crippen LogP contribution >= 0.6 is 0 Å². The molecule has 0 aromatic carbocycles. The second-order valence-corrected chi connectivity index (χ2v) is 5.16. The van der Waals surface area contributed by atoms with Crippen molar-refractivity contribution in [3.63, 3.8) is 0 Å². The Labute approximate surface area is 86.9 Å². The summed E-state index contributed by atoms with van der Waals surface area (Å²) in [7, 11) is -3.61. The van der Waals surface area contributed by atoms with E-state index in [9.17, 15) is 18.0 Å². The van der Waals surface area contributed by atoms with Crippen LogP contribution in [-0.4, -0.2) is 43.7 Å². The quantitative estimate of drug-likeness (QED) is 0.525. The van der Waals surface area contributed by atoms with E-state index in [1.807, 2.05) is 0 Å². The minimum Gasteiger partial charge on any atom is -0.481 e. The van der Waals surface area contributed by atoms with Gasteiger partial charge in [-0.15, -0.1) is 0 Å². The fraction of sp³-hybridized carbons (Fsp3) is 0.714. The first-order valence-electron chi connectivity index (χ1n) is 4.37. The van der Waals surface area contributed by atoms with Gasteiger partial charge in [0.1, 0.15) is 0 Å². The molecule has 1 rings (SSSR count). The van der Waals surface area contributed by atoms with Crippen LogP contribution < -0.4 is 10.0 Å². The number of carboxylic acid groups (broad SMARTS) is 1. The summed E-state index contributed by atoms with van der Waals surface area (Å²) in [5, 5.41) is 10.8. The number of nitrogens with one attached hydrogen (secondary N) is 2. The van der Waals surface area contributed by atoms with Crippen LogP contribution in [0.3, 0.4) is 0 Å². The van der Waals surface area contributed by atoms with E-state index in [4.69, 9.17) is 5.11 Å². The van der Waals surface area contributed by atoms with Gasteiger partial charge in [0.2, 0.25) is 15.9 Å². The number of rotatable bonds is 5. The van der Waals surface area contributed by atoms with Crippen molar-refractivity contribution in [3.05, 3.63) is 0 Å². The van der Waals surface area contributed by atoms with Gasteiger partial charge in [-0.1, -0.05) is 0 Å². The highest BCUT2D eigenvalue weighted by Crippen LogP contribution is 2.02. The minimum absolute atomic E-state index is 0.103. The summed E-state index contributed by atoms with van der Waals surface area (Å²) >= 11 is 0. The summed E-state index contributed by atoms with van der Waals surface area (Å²) < 4.78 is 24.8. The third kappa shape index (κ3) is 4.26. The van der Waals surface area contributed by atoms with E-state index >= 15 is 0 Å². The third-order valence-electron chi connectivity index (χ3n) is 1.91. The first-order chi connectivity index (χ1) is 6.89. The van der Waals surface area contributed by atoms with Crippen LogP contribution in [0.5, 0.6) is 0 Å². The number of carboxylic acids is 1. The van der Waals surface area contributed by atoms with E-state index in [2.05, 4.69) is 10.0 Å². The predicted molar refractivity (Wildman–Crippen MR) is 50.6 cm³/mol. The van der Waals surface area contributed by atoms with Crippen molar-refractivity contribution in [3.8, 4) is 0 Å². The van der Waals surface area contributed by atoms with Gasteiger partial charge >= 0.3 is 5.97 Å². The van der Waals surface area contributed by atoms with Crippen molar-refractivity contribution in [2.24, 2.45) is 0 Å². The third-order valence-corrected chi connectivity index (χ3v) is 3.34. The molecule has 7 nitrogen and oxygen atoms in total. The highest BCUT2D eigenvalue weighted by atomic mass is 32.2. The number of hydrogen-bond donors (Lipinski definition) is 3. The molecule has 1 atom stereocenters. The standard InChI is InChI=1S/C7H12N2O5S/c10-6-3-5(4-8-6)9-15(13,14)2-1-7(11)12/h5,9H,1-4H2,(H,8,10)(H,11,12). The first-order valence-corrected chi connectivity index (χ1v) is 6.03. The molecule has 0 radical (unpaired) electrons. The van der Waals surface area contributed by atoms with Crippen molar-refractivity contribution in [2.45, 2.75) is 18.9 Å². The molecule has 1 fully saturated rings. The molecule has 1 heterocycles. The lowest BCUT2D eigenvalue weighted by Gasteiger charge is -2.09. The van der Waals surface area contributed by atoms with Gasteiger partial charge in [0, 0.05) is 19.0 Å². The molecule has 1 unspecified atom stereocenters. The molecule has 1 amide bonds. The molecule has 0 aromatic rings. The molecular weight excluding hydrogens is 224 g/mol. The summed E-state index contributed by atoms with van der Waals surface area (Å²) in [5.74, 6) is -1.84. The zero-order chi connectivity index (χ0) is 11.5. The van der Waals surface area contributed by atoms with Crippen LogP contribution in [0.25, 0.3) is 0 Å². The highest BCUT2D eigenvalue weighted by molar-refractivity contribution is 7.89. The van der Waals surface area contributed by atoms with Crippen LogP contribution in [0.2, 0.25) is 0 Å². The number of sulfonamides is 1. The number of amides is 1. The van der Waals surface area contributed by atoms with Gasteiger partial charge in [0.25, 0.3) is 0 Å². The van der Waals surface area contributed by atoms with Crippen molar-refractivity contribution >= 4 is 21.9 Å². The lowest BCUT2D eigenvalue weighted by atomic mass is 10.3. The predicted octanol–water partition coefficient (Wildman–Crippen LogP) is -1.73. The Balaban J connectivity index is 2.42. The van der Waals surface area contributed by atoms with Crippen molar-refractivity contribution in [1.82, 2.24) is 10.0 Å². The second kappa shape index (κ2) is 4.58. The van der Waals surface area contributed by atoms with Gasteiger partial charge in [0.15, 0.2) is 0 Å². The van der Waals surface area contributed by atoms with Gasteiger partial charge in [-0.2, -0.15) is 0 Å². The zero-order valence-electron chi connectivity index (χ0n) is 7.89. The zero-order valence-corrected chi connectivity index (χ0v) is 8.71. The molecule has 1 saturated heterocycles. The van der Waals surface area contributed by atoms with E-state index in [0.717, 1.165) is 0 Å². The topological polar surface area (TPSA) is 113 Å². The Morgan fingerprint density at radius 2 is 2.27 bits per heavy atom. The van der Waals surface area contributed by atoms with E-state index < -0.39 is 34.2 Å². The first kappa shape index (κ1) is 11.9. The Kier molecular flexibility index (Phi) is 3.64.